The Morgan fingerprint density at radius 3 is 2.42 bits per heavy atom. The van der Waals surface area contributed by atoms with Gasteiger partial charge in [0.1, 0.15) is 0 Å². The third-order valence-electron chi connectivity index (χ3n) is 4.44. The topological polar surface area (TPSA) is 51.2 Å². The smallest absolute Gasteiger partial charge is 0.0951 e. The van der Waals surface area contributed by atoms with Crippen molar-refractivity contribution in [1.29, 1.82) is 0 Å². The number of rotatable bonds is 4. The highest BCUT2D eigenvalue weighted by Crippen LogP contribution is 2.49. The maximum atomic E-state index is 5.87. The van der Waals surface area contributed by atoms with E-state index in [0.29, 0.717) is 0 Å². The Hall–Kier alpha value is -1.58. The van der Waals surface area contributed by atoms with Crippen LogP contribution in [0.2, 0.25) is 0 Å². The molecule has 3 N–H and O–H groups in total. The van der Waals surface area contributed by atoms with Crippen LogP contribution in [0.3, 0.4) is 0 Å². The van der Waals surface area contributed by atoms with Gasteiger partial charge in [-0.15, -0.1) is 0 Å². The highest BCUT2D eigenvalue weighted by molar-refractivity contribution is 5.33. The van der Waals surface area contributed by atoms with Gasteiger partial charge in [0.25, 0.3) is 0 Å². The molecule has 1 aliphatic rings. The summed E-state index contributed by atoms with van der Waals surface area (Å²) in [6, 6.07) is 12.8. The van der Waals surface area contributed by atoms with Crippen molar-refractivity contribution in [2.24, 2.45) is 5.84 Å². The first-order valence-electron chi connectivity index (χ1n) is 6.90. The van der Waals surface area contributed by atoms with Crippen molar-refractivity contribution in [3.05, 3.63) is 60.1 Å². The highest BCUT2D eigenvalue weighted by Gasteiger charge is 2.43. The third-order valence-corrected chi connectivity index (χ3v) is 4.44. The Balaban J connectivity index is 2.05. The molecule has 1 saturated carbocycles. The normalized spacial score (nSPS) is 19.4. The Kier molecular flexibility index (Phi) is 3.40. The summed E-state index contributed by atoms with van der Waals surface area (Å²) in [7, 11) is 0. The van der Waals surface area contributed by atoms with Gasteiger partial charge in [0.2, 0.25) is 0 Å². The summed E-state index contributed by atoms with van der Waals surface area (Å²) in [5, 5.41) is 0. The molecule has 0 saturated heterocycles. The summed E-state index contributed by atoms with van der Waals surface area (Å²) in [6.45, 7) is 0. The lowest BCUT2D eigenvalue weighted by molar-refractivity contribution is 0.302. The van der Waals surface area contributed by atoms with E-state index in [1.54, 1.807) is 12.5 Å². The minimum absolute atomic E-state index is 0.0832. The number of furan rings is 1. The van der Waals surface area contributed by atoms with E-state index < -0.39 is 0 Å². The van der Waals surface area contributed by atoms with Crippen LogP contribution in [-0.4, -0.2) is 0 Å². The minimum atomic E-state index is 0.0832. The number of hydrazine groups is 1. The standard InChI is InChI=1S/C16H20N2O/c17-18-15(13-8-11-19-12-13)16(9-4-5-10-16)14-6-2-1-3-7-14/h1-3,6-8,11-12,15,18H,4-5,9-10,17H2. The summed E-state index contributed by atoms with van der Waals surface area (Å²) in [5.74, 6) is 5.87. The van der Waals surface area contributed by atoms with E-state index in [0.717, 1.165) is 18.4 Å². The zero-order valence-corrected chi connectivity index (χ0v) is 11.0. The van der Waals surface area contributed by atoms with E-state index in [1.165, 1.54) is 18.4 Å². The number of benzene rings is 1. The second-order valence-corrected chi connectivity index (χ2v) is 5.39. The first kappa shape index (κ1) is 12.5. The van der Waals surface area contributed by atoms with Crippen molar-refractivity contribution in [3.8, 4) is 0 Å². The maximum Gasteiger partial charge on any atom is 0.0951 e. The summed E-state index contributed by atoms with van der Waals surface area (Å²) < 4.78 is 5.24. The molecule has 1 atom stereocenters. The maximum absolute atomic E-state index is 5.87. The molecule has 0 bridgehead atoms. The summed E-state index contributed by atoms with van der Waals surface area (Å²) in [4.78, 5) is 0. The van der Waals surface area contributed by atoms with Crippen LogP contribution in [0.1, 0.15) is 42.9 Å². The lowest BCUT2D eigenvalue weighted by Crippen LogP contribution is -2.43. The zero-order chi connectivity index (χ0) is 13.1. The Bertz CT molecular complexity index is 501. The quantitative estimate of drug-likeness (QED) is 0.652. The van der Waals surface area contributed by atoms with Crippen molar-refractivity contribution in [2.45, 2.75) is 37.1 Å². The monoisotopic (exact) mass is 256 g/mol. The van der Waals surface area contributed by atoms with Gasteiger partial charge in [-0.1, -0.05) is 43.2 Å². The van der Waals surface area contributed by atoms with Crippen LogP contribution in [0.5, 0.6) is 0 Å². The van der Waals surface area contributed by atoms with Gasteiger partial charge >= 0.3 is 0 Å². The Morgan fingerprint density at radius 1 is 1.11 bits per heavy atom. The number of nitrogens with one attached hydrogen (secondary N) is 1. The molecule has 0 amide bonds. The molecular formula is C16H20N2O. The molecular weight excluding hydrogens is 236 g/mol. The van der Waals surface area contributed by atoms with Gasteiger partial charge in [-0.05, 0) is 24.5 Å². The van der Waals surface area contributed by atoms with Crippen molar-refractivity contribution in [1.82, 2.24) is 5.43 Å². The van der Waals surface area contributed by atoms with E-state index in [1.807, 2.05) is 6.07 Å². The summed E-state index contributed by atoms with van der Waals surface area (Å²) in [5.41, 5.74) is 5.61. The van der Waals surface area contributed by atoms with Crippen LogP contribution in [0.15, 0.2) is 53.3 Å². The van der Waals surface area contributed by atoms with Crippen LogP contribution in [-0.2, 0) is 5.41 Å². The molecule has 19 heavy (non-hydrogen) atoms. The van der Waals surface area contributed by atoms with Crippen molar-refractivity contribution in [2.75, 3.05) is 0 Å². The predicted octanol–water partition coefficient (Wildman–Crippen LogP) is 3.30. The van der Waals surface area contributed by atoms with E-state index >= 15 is 0 Å². The minimum Gasteiger partial charge on any atom is -0.472 e. The number of hydrogen-bond acceptors (Lipinski definition) is 3. The molecule has 0 radical (unpaired) electrons. The molecule has 0 spiro atoms. The largest absolute Gasteiger partial charge is 0.472 e. The molecule has 1 aliphatic carbocycles. The van der Waals surface area contributed by atoms with Crippen LogP contribution in [0.4, 0.5) is 0 Å². The van der Waals surface area contributed by atoms with E-state index in [2.05, 4.69) is 35.8 Å². The fraction of sp³-hybridized carbons (Fsp3) is 0.375. The molecule has 1 heterocycles. The van der Waals surface area contributed by atoms with Gasteiger partial charge < -0.3 is 4.42 Å². The summed E-state index contributed by atoms with van der Waals surface area (Å²) >= 11 is 0. The molecule has 3 rings (SSSR count). The zero-order valence-electron chi connectivity index (χ0n) is 11.0. The molecule has 3 nitrogen and oxygen atoms in total. The first-order valence-corrected chi connectivity index (χ1v) is 6.90. The molecule has 0 aliphatic heterocycles. The molecule has 2 aromatic rings. The fourth-order valence-corrected chi connectivity index (χ4v) is 3.53. The number of hydrogen-bond donors (Lipinski definition) is 2. The van der Waals surface area contributed by atoms with E-state index in [9.17, 15) is 0 Å². The Morgan fingerprint density at radius 2 is 1.84 bits per heavy atom. The Labute approximate surface area is 113 Å². The van der Waals surface area contributed by atoms with Gasteiger partial charge in [-0.3, -0.25) is 11.3 Å². The lowest BCUT2D eigenvalue weighted by Gasteiger charge is -2.37. The molecule has 100 valence electrons. The second-order valence-electron chi connectivity index (χ2n) is 5.39. The van der Waals surface area contributed by atoms with Gasteiger partial charge in [0, 0.05) is 11.0 Å². The average Bonchev–Trinajstić information content (AvgIpc) is 3.13. The number of nitrogens with two attached hydrogens (primary N) is 1. The van der Waals surface area contributed by atoms with Crippen LogP contribution >= 0.6 is 0 Å². The first-order chi connectivity index (χ1) is 9.37. The van der Waals surface area contributed by atoms with Gasteiger partial charge in [-0.2, -0.15) is 0 Å². The fourth-order valence-electron chi connectivity index (χ4n) is 3.53. The summed E-state index contributed by atoms with van der Waals surface area (Å²) in [6.07, 6.45) is 8.35. The SMILES string of the molecule is NNC(c1ccoc1)C1(c2ccccc2)CCCC1. The van der Waals surface area contributed by atoms with Crippen LogP contribution in [0.25, 0.3) is 0 Å². The molecule has 1 unspecified atom stereocenters. The lowest BCUT2D eigenvalue weighted by atomic mass is 9.71. The van der Waals surface area contributed by atoms with Gasteiger partial charge in [0.05, 0.1) is 18.6 Å². The van der Waals surface area contributed by atoms with Crippen LogP contribution in [0, 0.1) is 0 Å². The van der Waals surface area contributed by atoms with Crippen molar-refractivity contribution < 1.29 is 4.42 Å². The van der Waals surface area contributed by atoms with Gasteiger partial charge in [-0.25, -0.2) is 0 Å². The molecule has 1 aromatic heterocycles. The van der Waals surface area contributed by atoms with Gasteiger partial charge in [0.15, 0.2) is 0 Å². The second kappa shape index (κ2) is 5.19. The average molecular weight is 256 g/mol. The van der Waals surface area contributed by atoms with Crippen LogP contribution < -0.4 is 11.3 Å². The van der Waals surface area contributed by atoms with E-state index in [4.69, 9.17) is 10.3 Å². The predicted molar refractivity (Wildman–Crippen MR) is 75.4 cm³/mol. The van der Waals surface area contributed by atoms with Crippen molar-refractivity contribution >= 4 is 0 Å². The molecule has 3 heteroatoms. The highest BCUT2D eigenvalue weighted by atomic mass is 16.3. The molecule has 1 fully saturated rings. The third kappa shape index (κ3) is 2.09. The van der Waals surface area contributed by atoms with E-state index in [-0.39, 0.29) is 11.5 Å². The van der Waals surface area contributed by atoms with Crippen molar-refractivity contribution in [3.63, 3.8) is 0 Å². The molecule has 1 aromatic carbocycles.